The average Bonchev–Trinajstić information content (AvgIpc) is 2.15. The number of nitrogens with two attached hydrogens (primary N) is 1. The van der Waals surface area contributed by atoms with E-state index in [9.17, 15) is 9.59 Å². The second-order valence-corrected chi connectivity index (χ2v) is 4.21. The van der Waals surface area contributed by atoms with Gasteiger partial charge in [0.2, 0.25) is 5.91 Å². The molecule has 0 saturated carbocycles. The number of aliphatic carboxylic acids is 1. The molecule has 1 aliphatic heterocycles. The van der Waals surface area contributed by atoms with Crippen molar-refractivity contribution in [3.05, 3.63) is 0 Å². The van der Waals surface area contributed by atoms with Gasteiger partial charge in [0.15, 0.2) is 0 Å². The quantitative estimate of drug-likeness (QED) is 0.692. The minimum absolute atomic E-state index is 0.117. The van der Waals surface area contributed by atoms with E-state index in [0.717, 1.165) is 13.0 Å². The molecular weight excluding hydrogens is 196 g/mol. The predicted octanol–water partition coefficient (Wildman–Crippen LogP) is 0.0469. The second kappa shape index (κ2) is 5.11. The van der Waals surface area contributed by atoms with Crippen molar-refractivity contribution in [2.75, 3.05) is 13.1 Å². The third-order valence-electron chi connectivity index (χ3n) is 2.79. The van der Waals surface area contributed by atoms with E-state index in [4.69, 9.17) is 10.8 Å². The van der Waals surface area contributed by atoms with Crippen molar-refractivity contribution in [2.45, 2.75) is 32.2 Å². The molecule has 86 valence electrons. The maximum Gasteiger partial charge on any atom is 0.320 e. The number of carboxylic acids is 1. The van der Waals surface area contributed by atoms with Crippen molar-refractivity contribution in [3.8, 4) is 0 Å². The van der Waals surface area contributed by atoms with Crippen LogP contribution in [0.15, 0.2) is 0 Å². The summed E-state index contributed by atoms with van der Waals surface area (Å²) in [7, 11) is 0. The summed E-state index contributed by atoms with van der Waals surface area (Å²) < 4.78 is 0. The fourth-order valence-electron chi connectivity index (χ4n) is 1.69. The molecule has 5 nitrogen and oxygen atoms in total. The molecule has 1 amide bonds. The van der Waals surface area contributed by atoms with Crippen LogP contribution >= 0.6 is 0 Å². The highest BCUT2D eigenvalue weighted by Gasteiger charge is 2.23. The summed E-state index contributed by atoms with van der Waals surface area (Å²) in [5.74, 6) is -0.443. The first-order chi connectivity index (χ1) is 7.00. The Labute approximate surface area is 89.2 Å². The third-order valence-corrected chi connectivity index (χ3v) is 2.79. The van der Waals surface area contributed by atoms with Crippen molar-refractivity contribution in [3.63, 3.8) is 0 Å². The van der Waals surface area contributed by atoms with E-state index in [0.29, 0.717) is 25.3 Å². The number of carboxylic acid groups (broad SMARTS) is 1. The van der Waals surface area contributed by atoms with Gasteiger partial charge in [-0.3, -0.25) is 9.59 Å². The lowest BCUT2D eigenvalue weighted by Gasteiger charge is -2.30. The molecule has 0 bridgehead atoms. The molecule has 0 aromatic rings. The van der Waals surface area contributed by atoms with E-state index < -0.39 is 12.0 Å². The average molecular weight is 214 g/mol. The van der Waals surface area contributed by atoms with Gasteiger partial charge in [0.1, 0.15) is 6.04 Å². The molecule has 0 aromatic carbocycles. The number of nitrogens with zero attached hydrogens (tertiary/aromatic N) is 1. The van der Waals surface area contributed by atoms with Crippen molar-refractivity contribution >= 4 is 11.9 Å². The number of rotatable bonds is 4. The Morgan fingerprint density at radius 1 is 1.73 bits per heavy atom. The molecule has 2 atom stereocenters. The molecular formula is C10H18N2O3. The second-order valence-electron chi connectivity index (χ2n) is 4.21. The third kappa shape index (κ3) is 3.51. The van der Waals surface area contributed by atoms with Crippen LogP contribution in [0.3, 0.4) is 0 Å². The molecule has 0 spiro atoms. The molecule has 1 saturated heterocycles. The zero-order valence-corrected chi connectivity index (χ0v) is 8.98. The van der Waals surface area contributed by atoms with Crippen LogP contribution in [0.1, 0.15) is 26.2 Å². The first-order valence-corrected chi connectivity index (χ1v) is 5.27. The van der Waals surface area contributed by atoms with Crippen molar-refractivity contribution in [2.24, 2.45) is 11.7 Å². The van der Waals surface area contributed by atoms with Gasteiger partial charge in [-0.05, 0) is 18.8 Å². The Morgan fingerprint density at radius 2 is 2.40 bits per heavy atom. The van der Waals surface area contributed by atoms with E-state index in [-0.39, 0.29) is 5.91 Å². The number of piperidine rings is 1. The van der Waals surface area contributed by atoms with E-state index >= 15 is 0 Å². The van der Waals surface area contributed by atoms with Gasteiger partial charge in [-0.2, -0.15) is 0 Å². The molecule has 1 fully saturated rings. The highest BCUT2D eigenvalue weighted by Crippen LogP contribution is 2.17. The molecule has 5 heteroatoms. The molecule has 3 N–H and O–H groups in total. The van der Waals surface area contributed by atoms with Crippen LogP contribution in [0.25, 0.3) is 0 Å². The summed E-state index contributed by atoms with van der Waals surface area (Å²) >= 11 is 0. The van der Waals surface area contributed by atoms with Crippen molar-refractivity contribution in [1.82, 2.24) is 4.90 Å². The molecule has 0 aromatic heterocycles. The number of hydrogen-bond donors (Lipinski definition) is 2. The lowest BCUT2D eigenvalue weighted by Crippen LogP contribution is -2.42. The number of likely N-dealkylation sites (tertiary alicyclic amines) is 1. The summed E-state index contributed by atoms with van der Waals surface area (Å²) in [6.07, 6.45) is 1.89. The zero-order valence-electron chi connectivity index (χ0n) is 8.98. The van der Waals surface area contributed by atoms with Gasteiger partial charge in [0, 0.05) is 19.5 Å². The highest BCUT2D eigenvalue weighted by atomic mass is 16.4. The topological polar surface area (TPSA) is 83.6 Å². The first kappa shape index (κ1) is 12.0. The SMILES string of the molecule is CC1CCN(CCC(N)C(=O)O)C(=O)C1. The molecule has 15 heavy (non-hydrogen) atoms. The van der Waals surface area contributed by atoms with Gasteiger partial charge in [-0.25, -0.2) is 0 Å². The summed E-state index contributed by atoms with van der Waals surface area (Å²) in [5.41, 5.74) is 5.37. The molecule has 1 aliphatic rings. The van der Waals surface area contributed by atoms with E-state index in [1.165, 1.54) is 0 Å². The van der Waals surface area contributed by atoms with Crippen LogP contribution in [0, 0.1) is 5.92 Å². The summed E-state index contributed by atoms with van der Waals surface area (Å²) in [6.45, 7) is 3.24. The fraction of sp³-hybridized carbons (Fsp3) is 0.800. The molecule has 2 unspecified atom stereocenters. The summed E-state index contributed by atoms with van der Waals surface area (Å²) in [6, 6.07) is -0.864. The van der Waals surface area contributed by atoms with Crippen LogP contribution in [0.2, 0.25) is 0 Å². The van der Waals surface area contributed by atoms with Gasteiger partial charge in [0.25, 0.3) is 0 Å². The van der Waals surface area contributed by atoms with Crippen LogP contribution in [0.5, 0.6) is 0 Å². The van der Waals surface area contributed by atoms with Gasteiger partial charge in [-0.1, -0.05) is 6.92 Å². The Morgan fingerprint density at radius 3 is 2.93 bits per heavy atom. The maximum atomic E-state index is 11.5. The number of carbonyl (C=O) groups excluding carboxylic acids is 1. The van der Waals surface area contributed by atoms with Crippen LogP contribution < -0.4 is 5.73 Å². The first-order valence-electron chi connectivity index (χ1n) is 5.27. The number of carbonyl (C=O) groups is 2. The number of hydrogen-bond acceptors (Lipinski definition) is 3. The molecule has 0 aliphatic carbocycles. The Kier molecular flexibility index (Phi) is 4.08. The minimum Gasteiger partial charge on any atom is -0.480 e. The van der Waals surface area contributed by atoms with Gasteiger partial charge < -0.3 is 15.7 Å². The Bertz CT molecular complexity index is 255. The predicted molar refractivity (Wildman–Crippen MR) is 55.2 cm³/mol. The summed E-state index contributed by atoms with van der Waals surface area (Å²) in [4.78, 5) is 23.7. The van der Waals surface area contributed by atoms with Crippen LogP contribution in [-0.2, 0) is 9.59 Å². The van der Waals surface area contributed by atoms with Crippen LogP contribution in [-0.4, -0.2) is 41.0 Å². The van der Waals surface area contributed by atoms with E-state index in [1.807, 2.05) is 0 Å². The lowest BCUT2D eigenvalue weighted by atomic mass is 9.98. The Hall–Kier alpha value is -1.10. The minimum atomic E-state index is -1.01. The van der Waals surface area contributed by atoms with E-state index in [1.54, 1.807) is 4.90 Å². The maximum absolute atomic E-state index is 11.5. The summed E-state index contributed by atoms with van der Waals surface area (Å²) in [5, 5.41) is 8.59. The van der Waals surface area contributed by atoms with Crippen LogP contribution in [0.4, 0.5) is 0 Å². The van der Waals surface area contributed by atoms with Crippen molar-refractivity contribution in [1.29, 1.82) is 0 Å². The monoisotopic (exact) mass is 214 g/mol. The zero-order chi connectivity index (χ0) is 11.4. The fourth-order valence-corrected chi connectivity index (χ4v) is 1.69. The number of amides is 1. The van der Waals surface area contributed by atoms with E-state index in [2.05, 4.69) is 6.92 Å². The Balaban J connectivity index is 2.33. The van der Waals surface area contributed by atoms with Gasteiger partial charge in [-0.15, -0.1) is 0 Å². The van der Waals surface area contributed by atoms with Gasteiger partial charge in [0.05, 0.1) is 0 Å². The normalized spacial score (nSPS) is 24.0. The molecule has 1 heterocycles. The standard InChI is InChI=1S/C10H18N2O3/c1-7-2-4-12(9(13)6-7)5-3-8(11)10(14)15/h7-8H,2-6,11H2,1H3,(H,14,15). The van der Waals surface area contributed by atoms with Crippen molar-refractivity contribution < 1.29 is 14.7 Å². The highest BCUT2D eigenvalue weighted by molar-refractivity contribution is 5.77. The smallest absolute Gasteiger partial charge is 0.320 e. The lowest BCUT2D eigenvalue weighted by molar-refractivity contribution is -0.140. The molecule has 1 rings (SSSR count). The molecule has 0 radical (unpaired) electrons. The largest absolute Gasteiger partial charge is 0.480 e. The van der Waals surface area contributed by atoms with Gasteiger partial charge >= 0.3 is 5.97 Å².